The predicted octanol–water partition coefficient (Wildman–Crippen LogP) is 0.965. The summed E-state index contributed by atoms with van der Waals surface area (Å²) in [7, 11) is 0. The summed E-state index contributed by atoms with van der Waals surface area (Å²) in [5.41, 5.74) is 1.00. The van der Waals surface area contributed by atoms with E-state index in [1.54, 1.807) is 17.2 Å². The first-order valence-electron chi connectivity index (χ1n) is 6.75. The summed E-state index contributed by atoms with van der Waals surface area (Å²) >= 11 is 5.75. The number of hydrogen-bond acceptors (Lipinski definition) is 5. The molecule has 6 nitrogen and oxygen atoms in total. The van der Waals surface area contributed by atoms with Crippen molar-refractivity contribution in [3.8, 4) is 0 Å². The predicted molar refractivity (Wildman–Crippen MR) is 76.2 cm³/mol. The number of pyridine rings is 1. The highest BCUT2D eigenvalue weighted by Crippen LogP contribution is 2.23. The molecule has 2 aliphatic heterocycles. The largest absolute Gasteiger partial charge is 0.442 e. The Hall–Kier alpha value is -1.53. The average molecular weight is 297 g/mol. The summed E-state index contributed by atoms with van der Waals surface area (Å²) in [4.78, 5) is 19.8. The molecule has 3 heterocycles. The Kier molecular flexibility index (Phi) is 3.93. The Morgan fingerprint density at radius 2 is 2.10 bits per heavy atom. The lowest BCUT2D eigenvalue weighted by atomic mass is 10.1. The van der Waals surface area contributed by atoms with Crippen LogP contribution in [0.1, 0.15) is 0 Å². The molecule has 0 spiro atoms. The molecule has 0 saturated carbocycles. The van der Waals surface area contributed by atoms with Crippen molar-refractivity contribution in [3.63, 3.8) is 0 Å². The maximum absolute atomic E-state index is 11.9. The third-order valence-electron chi connectivity index (χ3n) is 3.57. The Morgan fingerprint density at radius 1 is 1.35 bits per heavy atom. The number of carbonyl (C=O) groups is 1. The molecule has 0 bridgehead atoms. The number of amides is 1. The van der Waals surface area contributed by atoms with Gasteiger partial charge in [0, 0.05) is 26.2 Å². The van der Waals surface area contributed by atoms with Crippen LogP contribution in [0, 0.1) is 0 Å². The monoisotopic (exact) mass is 296 g/mol. The van der Waals surface area contributed by atoms with Gasteiger partial charge < -0.3 is 19.9 Å². The van der Waals surface area contributed by atoms with Gasteiger partial charge in [-0.3, -0.25) is 0 Å². The Bertz CT molecular complexity index is 470. The van der Waals surface area contributed by atoms with Crippen molar-refractivity contribution in [1.82, 2.24) is 15.2 Å². The van der Waals surface area contributed by atoms with Gasteiger partial charge in [-0.05, 0) is 12.1 Å². The van der Waals surface area contributed by atoms with Gasteiger partial charge in [0.15, 0.2) is 0 Å². The second-order valence-corrected chi connectivity index (χ2v) is 5.37. The minimum absolute atomic E-state index is 0.0342. The van der Waals surface area contributed by atoms with E-state index in [-0.39, 0.29) is 12.2 Å². The zero-order valence-corrected chi connectivity index (χ0v) is 11.8. The third-order valence-corrected chi connectivity index (χ3v) is 3.79. The molecule has 0 aromatic carbocycles. The van der Waals surface area contributed by atoms with E-state index < -0.39 is 0 Å². The number of ether oxygens (including phenoxy) is 1. The van der Waals surface area contributed by atoms with Crippen LogP contribution >= 0.6 is 11.6 Å². The molecule has 2 fully saturated rings. The molecule has 1 N–H and O–H groups in total. The molecular formula is C13H17ClN4O2. The Balaban J connectivity index is 1.46. The Morgan fingerprint density at radius 3 is 2.75 bits per heavy atom. The minimum Gasteiger partial charge on any atom is -0.442 e. The number of aromatic nitrogens is 1. The molecule has 1 aromatic rings. The van der Waals surface area contributed by atoms with Gasteiger partial charge >= 0.3 is 6.09 Å². The van der Waals surface area contributed by atoms with E-state index in [2.05, 4.69) is 15.2 Å². The van der Waals surface area contributed by atoms with Crippen LogP contribution in [0.4, 0.5) is 10.5 Å². The highest BCUT2D eigenvalue weighted by molar-refractivity contribution is 6.29. The molecule has 2 saturated heterocycles. The molecule has 3 rings (SSSR count). The molecule has 2 aliphatic rings. The van der Waals surface area contributed by atoms with Crippen molar-refractivity contribution < 1.29 is 9.53 Å². The Labute approximate surface area is 122 Å². The van der Waals surface area contributed by atoms with Gasteiger partial charge in [0.2, 0.25) is 0 Å². The average Bonchev–Trinajstić information content (AvgIpc) is 2.44. The van der Waals surface area contributed by atoms with Gasteiger partial charge in [-0.25, -0.2) is 9.78 Å². The second-order valence-electron chi connectivity index (χ2n) is 4.99. The van der Waals surface area contributed by atoms with Gasteiger partial charge in [-0.15, -0.1) is 0 Å². The SMILES string of the molecule is O=C(OC1CN(c2ccc(Cl)nc2)C1)N1CCNCC1. The summed E-state index contributed by atoms with van der Waals surface area (Å²) in [6.07, 6.45) is 1.50. The van der Waals surface area contributed by atoms with E-state index in [0.29, 0.717) is 18.2 Å². The van der Waals surface area contributed by atoms with Gasteiger partial charge in [-0.2, -0.15) is 0 Å². The van der Waals surface area contributed by atoms with Crippen molar-refractivity contribution in [2.45, 2.75) is 6.10 Å². The van der Waals surface area contributed by atoms with E-state index >= 15 is 0 Å². The molecule has 7 heteroatoms. The normalized spacial score (nSPS) is 19.6. The van der Waals surface area contributed by atoms with Crippen molar-refractivity contribution in [1.29, 1.82) is 0 Å². The number of rotatable bonds is 2. The van der Waals surface area contributed by atoms with Crippen LogP contribution < -0.4 is 10.2 Å². The number of anilines is 1. The minimum atomic E-state index is -0.203. The summed E-state index contributed by atoms with van der Waals surface area (Å²) in [6.45, 7) is 4.53. The number of nitrogens with zero attached hydrogens (tertiary/aromatic N) is 3. The van der Waals surface area contributed by atoms with Crippen molar-refractivity contribution in [3.05, 3.63) is 23.5 Å². The fourth-order valence-electron chi connectivity index (χ4n) is 2.34. The van der Waals surface area contributed by atoms with E-state index in [0.717, 1.165) is 31.9 Å². The lowest BCUT2D eigenvalue weighted by Gasteiger charge is -2.41. The molecule has 1 aromatic heterocycles. The number of hydrogen-bond donors (Lipinski definition) is 1. The smallest absolute Gasteiger partial charge is 0.410 e. The van der Waals surface area contributed by atoms with E-state index in [1.807, 2.05) is 6.07 Å². The summed E-state index contributed by atoms with van der Waals surface area (Å²) in [5.74, 6) is 0. The zero-order valence-electron chi connectivity index (χ0n) is 11.1. The highest BCUT2D eigenvalue weighted by atomic mass is 35.5. The maximum atomic E-state index is 11.9. The zero-order chi connectivity index (χ0) is 13.9. The van der Waals surface area contributed by atoms with Crippen LogP contribution in [0.15, 0.2) is 18.3 Å². The third kappa shape index (κ3) is 2.96. The number of nitrogens with one attached hydrogen (secondary N) is 1. The van der Waals surface area contributed by atoms with Crippen molar-refractivity contribution in [2.24, 2.45) is 0 Å². The molecule has 0 radical (unpaired) electrons. The summed E-state index contributed by atoms with van der Waals surface area (Å²) in [6, 6.07) is 3.68. The fraction of sp³-hybridized carbons (Fsp3) is 0.538. The first-order chi connectivity index (χ1) is 9.72. The van der Waals surface area contributed by atoms with Crippen LogP contribution in [0.25, 0.3) is 0 Å². The van der Waals surface area contributed by atoms with Gasteiger partial charge in [0.1, 0.15) is 11.3 Å². The topological polar surface area (TPSA) is 57.7 Å². The van der Waals surface area contributed by atoms with Crippen LogP contribution in [0.5, 0.6) is 0 Å². The van der Waals surface area contributed by atoms with Crippen molar-refractivity contribution >= 4 is 23.4 Å². The van der Waals surface area contributed by atoms with Crippen LogP contribution in [-0.2, 0) is 4.74 Å². The number of carbonyl (C=O) groups excluding carboxylic acids is 1. The van der Waals surface area contributed by atoms with Crippen LogP contribution in [0.2, 0.25) is 5.15 Å². The van der Waals surface area contributed by atoms with Crippen LogP contribution in [0.3, 0.4) is 0 Å². The number of halogens is 1. The standard InChI is InChI=1S/C13H17ClN4O2/c14-12-2-1-10(7-16-12)18-8-11(9-18)20-13(19)17-5-3-15-4-6-17/h1-2,7,11,15H,3-6,8-9H2. The van der Waals surface area contributed by atoms with E-state index in [4.69, 9.17) is 16.3 Å². The maximum Gasteiger partial charge on any atom is 0.410 e. The van der Waals surface area contributed by atoms with E-state index in [1.165, 1.54) is 0 Å². The first-order valence-corrected chi connectivity index (χ1v) is 7.13. The molecule has 0 aliphatic carbocycles. The summed E-state index contributed by atoms with van der Waals surface area (Å²) in [5, 5.41) is 3.69. The number of piperazine rings is 1. The van der Waals surface area contributed by atoms with E-state index in [9.17, 15) is 4.79 Å². The fourth-order valence-corrected chi connectivity index (χ4v) is 2.45. The van der Waals surface area contributed by atoms with Crippen LogP contribution in [-0.4, -0.2) is 61.3 Å². The van der Waals surface area contributed by atoms with Gasteiger partial charge in [-0.1, -0.05) is 11.6 Å². The highest BCUT2D eigenvalue weighted by Gasteiger charge is 2.32. The molecular weight excluding hydrogens is 280 g/mol. The van der Waals surface area contributed by atoms with Gasteiger partial charge in [0.05, 0.1) is 25.0 Å². The summed E-state index contributed by atoms with van der Waals surface area (Å²) < 4.78 is 5.47. The molecule has 108 valence electrons. The van der Waals surface area contributed by atoms with Gasteiger partial charge in [0.25, 0.3) is 0 Å². The molecule has 0 atom stereocenters. The first kappa shape index (κ1) is 13.5. The van der Waals surface area contributed by atoms with Crippen molar-refractivity contribution in [2.75, 3.05) is 44.2 Å². The molecule has 20 heavy (non-hydrogen) atoms. The molecule has 1 amide bonds. The quantitative estimate of drug-likeness (QED) is 0.824. The molecule has 0 unspecified atom stereocenters. The lowest BCUT2D eigenvalue weighted by Crippen LogP contribution is -2.55. The lowest BCUT2D eigenvalue weighted by molar-refractivity contribution is 0.0473. The second kappa shape index (κ2) is 5.85.